The van der Waals surface area contributed by atoms with Crippen LogP contribution in [-0.2, 0) is 9.84 Å². The van der Waals surface area contributed by atoms with Crippen LogP contribution in [0.25, 0.3) is 16.9 Å². The van der Waals surface area contributed by atoms with Crippen molar-refractivity contribution in [1.82, 2.24) is 19.7 Å². The van der Waals surface area contributed by atoms with Crippen LogP contribution >= 0.6 is 23.2 Å². The molecular weight excluding hydrogens is 573 g/mol. The Hall–Kier alpha value is -3.41. The number of aromatic nitrogens is 4. The van der Waals surface area contributed by atoms with E-state index in [2.05, 4.69) is 15.2 Å². The van der Waals surface area contributed by atoms with E-state index in [1.54, 1.807) is 13.0 Å². The smallest absolute Gasteiger partial charge is 0.274 e. The highest BCUT2D eigenvalue weighted by molar-refractivity contribution is 7.90. The number of hydrogen-bond acceptors (Lipinski definition) is 6. The summed E-state index contributed by atoms with van der Waals surface area (Å²) >= 11 is 12.4. The number of aryl methyl sites for hydroxylation is 2. The van der Waals surface area contributed by atoms with E-state index in [4.69, 9.17) is 23.2 Å². The second-order valence-corrected chi connectivity index (χ2v) is 12.2. The van der Waals surface area contributed by atoms with Gasteiger partial charge < -0.3 is 0 Å². The van der Waals surface area contributed by atoms with Crippen LogP contribution in [0.4, 0.5) is 8.78 Å². The Kier molecular flexibility index (Phi) is 6.72. The van der Waals surface area contributed by atoms with E-state index >= 15 is 8.78 Å². The molecule has 1 aliphatic rings. The largest absolute Gasteiger partial charge is 0.277 e. The van der Waals surface area contributed by atoms with Crippen LogP contribution in [-0.4, -0.2) is 34.4 Å². The molecular formula is C26H20Cl2F2N4O4S. The summed E-state index contributed by atoms with van der Waals surface area (Å²) < 4.78 is 56.2. The van der Waals surface area contributed by atoms with Gasteiger partial charge in [-0.15, -0.1) is 0 Å². The number of rotatable bonds is 5. The molecule has 1 aromatic carbocycles. The molecule has 0 bridgehead atoms. The van der Waals surface area contributed by atoms with E-state index in [0.29, 0.717) is 23.2 Å². The van der Waals surface area contributed by atoms with Crippen molar-refractivity contribution in [3.05, 3.63) is 101 Å². The Morgan fingerprint density at radius 1 is 1.05 bits per heavy atom. The fourth-order valence-electron chi connectivity index (χ4n) is 4.84. The molecule has 0 unspecified atom stereocenters. The Morgan fingerprint density at radius 2 is 1.74 bits per heavy atom. The third-order valence-electron chi connectivity index (χ3n) is 6.77. The molecule has 0 radical (unpaired) electrons. The van der Waals surface area contributed by atoms with E-state index in [-0.39, 0.29) is 44.4 Å². The molecule has 2 atom stereocenters. The van der Waals surface area contributed by atoms with Crippen molar-refractivity contribution in [2.24, 2.45) is 0 Å². The average molecular weight is 593 g/mol. The quantitative estimate of drug-likeness (QED) is 0.354. The van der Waals surface area contributed by atoms with Crippen molar-refractivity contribution in [2.45, 2.75) is 37.0 Å². The van der Waals surface area contributed by atoms with Crippen molar-refractivity contribution >= 4 is 33.0 Å². The molecule has 0 spiro atoms. The molecule has 39 heavy (non-hydrogen) atoms. The van der Waals surface area contributed by atoms with E-state index in [0.717, 1.165) is 16.9 Å². The molecule has 4 aromatic rings. The lowest BCUT2D eigenvalue weighted by Gasteiger charge is -2.18. The minimum absolute atomic E-state index is 0.130. The number of halogens is 4. The van der Waals surface area contributed by atoms with E-state index in [1.807, 2.05) is 0 Å². The van der Waals surface area contributed by atoms with Crippen molar-refractivity contribution < 1.29 is 17.2 Å². The van der Waals surface area contributed by atoms with Crippen LogP contribution in [0.3, 0.4) is 0 Å². The minimum atomic E-state index is -3.93. The zero-order valence-electron chi connectivity index (χ0n) is 20.7. The highest BCUT2D eigenvalue weighted by Crippen LogP contribution is 2.55. The lowest BCUT2D eigenvalue weighted by atomic mass is 10.0. The van der Waals surface area contributed by atoms with Crippen molar-refractivity contribution in [3.8, 4) is 16.9 Å². The van der Waals surface area contributed by atoms with Gasteiger partial charge >= 0.3 is 0 Å². The molecule has 8 nitrogen and oxygen atoms in total. The Morgan fingerprint density at radius 3 is 2.44 bits per heavy atom. The van der Waals surface area contributed by atoms with Gasteiger partial charge in [-0.25, -0.2) is 22.3 Å². The topological polar surface area (TPSA) is 115 Å². The average Bonchev–Trinajstić information content (AvgIpc) is 3.65. The molecule has 5 rings (SSSR count). The third kappa shape index (κ3) is 4.68. The molecule has 1 N–H and O–H groups in total. The monoisotopic (exact) mass is 592 g/mol. The molecule has 0 amide bonds. The highest BCUT2D eigenvalue weighted by atomic mass is 35.5. The van der Waals surface area contributed by atoms with Gasteiger partial charge in [0.05, 0.1) is 5.69 Å². The van der Waals surface area contributed by atoms with Gasteiger partial charge in [-0.1, -0.05) is 29.3 Å². The lowest BCUT2D eigenvalue weighted by Crippen LogP contribution is -2.24. The van der Waals surface area contributed by atoms with Crippen molar-refractivity contribution in [3.63, 3.8) is 0 Å². The van der Waals surface area contributed by atoms with Gasteiger partial charge in [-0.2, -0.15) is 5.10 Å². The molecule has 1 fully saturated rings. The van der Waals surface area contributed by atoms with E-state index in [1.165, 1.54) is 31.3 Å². The van der Waals surface area contributed by atoms with Crippen molar-refractivity contribution in [1.29, 1.82) is 0 Å². The van der Waals surface area contributed by atoms with Gasteiger partial charge in [-0.3, -0.25) is 19.1 Å². The molecule has 3 heterocycles. The van der Waals surface area contributed by atoms with Crippen LogP contribution in [0.2, 0.25) is 10.2 Å². The molecule has 202 valence electrons. The van der Waals surface area contributed by atoms with Crippen LogP contribution in [0.5, 0.6) is 0 Å². The number of aromatic amines is 1. The fourth-order valence-corrected chi connectivity index (χ4v) is 6.04. The first-order chi connectivity index (χ1) is 18.3. The normalized spacial score (nSPS) is 16.9. The number of hydrogen-bond donors (Lipinski definition) is 1. The number of benzene rings is 1. The Labute approximate surface area is 231 Å². The maximum Gasteiger partial charge on any atom is 0.274 e. The predicted octanol–water partition coefficient (Wildman–Crippen LogP) is 4.86. The number of H-pyrrole nitrogens is 1. The minimum Gasteiger partial charge on any atom is -0.277 e. The summed E-state index contributed by atoms with van der Waals surface area (Å²) in [5.41, 5.74) is -0.559. The summed E-state index contributed by atoms with van der Waals surface area (Å²) in [5, 5.41) is 5.98. The summed E-state index contributed by atoms with van der Waals surface area (Å²) in [6.45, 7) is 3.13. The van der Waals surface area contributed by atoms with Gasteiger partial charge in [-0.05, 0) is 67.5 Å². The summed E-state index contributed by atoms with van der Waals surface area (Å²) in [6.07, 6.45) is 2.66. The first-order valence-electron chi connectivity index (χ1n) is 11.6. The first kappa shape index (κ1) is 27.2. The van der Waals surface area contributed by atoms with Crippen LogP contribution in [0.15, 0.2) is 51.0 Å². The molecule has 3 aromatic heterocycles. The third-order valence-corrected chi connectivity index (χ3v) is 8.46. The second-order valence-electron chi connectivity index (χ2n) is 9.46. The number of nitrogens with one attached hydrogen (secondary N) is 1. The van der Waals surface area contributed by atoms with Gasteiger partial charge in [0.15, 0.2) is 21.5 Å². The molecule has 0 saturated heterocycles. The SMILES string of the molecule is Cc1cnc(-c2cccc(S(C)(=O)=O)c2F)c(F)c1-n1c(C)cc([C@H]2C[C@@H]2c2cc(Cl)n[nH]c2=O)c(Cl)c1=O. The zero-order chi connectivity index (χ0) is 28.4. The summed E-state index contributed by atoms with van der Waals surface area (Å²) in [4.78, 5) is 29.1. The lowest BCUT2D eigenvalue weighted by molar-refractivity contribution is 0.569. The first-order valence-corrected chi connectivity index (χ1v) is 14.3. The standard InChI is InChI=1S/C26H20Cl2F2N4O4S/c1-11-10-31-23(13-5-4-6-18(21(13)29)39(3,37)38)22(30)24(11)34-12(2)7-16(20(28)26(34)36)14-8-15(14)17-9-19(27)32-33-25(17)35/h4-7,9-10,14-15H,8H2,1-3H3,(H,33,35)/t14-,15-/m0/s1. The Bertz CT molecular complexity index is 1910. The maximum absolute atomic E-state index is 16.0. The summed E-state index contributed by atoms with van der Waals surface area (Å²) in [6, 6.07) is 6.69. The van der Waals surface area contributed by atoms with Gasteiger partial charge in [0.25, 0.3) is 11.1 Å². The van der Waals surface area contributed by atoms with Crippen LogP contribution < -0.4 is 11.1 Å². The maximum atomic E-state index is 16.0. The number of pyridine rings is 2. The van der Waals surface area contributed by atoms with Gasteiger partial charge in [0.2, 0.25) is 0 Å². The molecule has 0 aliphatic heterocycles. The number of nitrogens with zero attached hydrogens (tertiary/aromatic N) is 3. The van der Waals surface area contributed by atoms with Gasteiger partial charge in [0, 0.05) is 29.3 Å². The molecule has 1 saturated carbocycles. The second kappa shape index (κ2) is 9.65. The zero-order valence-corrected chi connectivity index (χ0v) is 23.0. The van der Waals surface area contributed by atoms with E-state index in [9.17, 15) is 18.0 Å². The summed E-state index contributed by atoms with van der Waals surface area (Å²) in [7, 11) is -3.93. The van der Waals surface area contributed by atoms with Crippen molar-refractivity contribution in [2.75, 3.05) is 6.26 Å². The number of sulfone groups is 1. The van der Waals surface area contributed by atoms with Crippen LogP contribution in [0, 0.1) is 25.5 Å². The summed E-state index contributed by atoms with van der Waals surface area (Å²) in [5.74, 6) is -2.62. The predicted molar refractivity (Wildman–Crippen MR) is 143 cm³/mol. The molecule has 13 heteroatoms. The van der Waals surface area contributed by atoms with Gasteiger partial charge in [0.1, 0.15) is 20.8 Å². The Balaban J connectivity index is 1.63. The van der Waals surface area contributed by atoms with Crippen LogP contribution in [0.1, 0.15) is 40.6 Å². The molecule has 1 aliphatic carbocycles. The van der Waals surface area contributed by atoms with E-state index < -0.39 is 37.6 Å². The fraction of sp³-hybridized carbons (Fsp3) is 0.231. The highest BCUT2D eigenvalue weighted by Gasteiger charge is 2.43.